The fourth-order valence-electron chi connectivity index (χ4n) is 3.02. The van der Waals surface area contributed by atoms with Crippen molar-refractivity contribution in [2.45, 2.75) is 12.5 Å². The number of rotatable bonds is 4. The zero-order valence-electron chi connectivity index (χ0n) is 13.4. The lowest BCUT2D eigenvalue weighted by Crippen LogP contribution is -2.41. The molecule has 6 heteroatoms. The lowest BCUT2D eigenvalue weighted by molar-refractivity contribution is -0.123. The standard InChI is InChI=1S/C17H25N3O3/c21-17(19-6-9-20-8-3-11-22-13-10-20)16-14-4-1-2-5-15(14)23-12-7-18-16/h1-2,4-5,16,18H,3,6-13H2,(H,19,21). The first-order chi connectivity index (χ1) is 11.3. The Bertz CT molecular complexity index is 516. The second-order valence-corrected chi connectivity index (χ2v) is 5.87. The van der Waals surface area contributed by atoms with Crippen LogP contribution in [-0.2, 0) is 9.53 Å². The summed E-state index contributed by atoms with van der Waals surface area (Å²) in [5, 5.41) is 6.31. The number of hydrogen-bond donors (Lipinski definition) is 2. The Morgan fingerprint density at radius 3 is 3.13 bits per heavy atom. The molecule has 1 fully saturated rings. The average Bonchev–Trinajstić information content (AvgIpc) is 2.95. The lowest BCUT2D eigenvalue weighted by Gasteiger charge is -2.21. The van der Waals surface area contributed by atoms with Crippen LogP contribution in [0.2, 0.25) is 0 Å². The minimum Gasteiger partial charge on any atom is -0.492 e. The molecule has 1 unspecified atom stereocenters. The minimum atomic E-state index is -0.346. The first-order valence-corrected chi connectivity index (χ1v) is 8.37. The summed E-state index contributed by atoms with van der Waals surface area (Å²) in [5.74, 6) is 0.802. The smallest absolute Gasteiger partial charge is 0.241 e. The SMILES string of the molecule is O=C(NCCN1CCCOCC1)C1NCCOc2ccccc21. The van der Waals surface area contributed by atoms with Crippen LogP contribution in [0.1, 0.15) is 18.0 Å². The van der Waals surface area contributed by atoms with Gasteiger partial charge >= 0.3 is 0 Å². The molecule has 3 rings (SSSR count). The van der Waals surface area contributed by atoms with Gasteiger partial charge in [0.2, 0.25) is 5.91 Å². The Kier molecular flexibility index (Phi) is 5.85. The van der Waals surface area contributed by atoms with E-state index in [1.165, 1.54) is 0 Å². The van der Waals surface area contributed by atoms with Gasteiger partial charge in [-0.3, -0.25) is 15.0 Å². The van der Waals surface area contributed by atoms with Crippen LogP contribution in [0.3, 0.4) is 0 Å². The average molecular weight is 319 g/mol. The molecule has 0 spiro atoms. The van der Waals surface area contributed by atoms with E-state index in [0.29, 0.717) is 19.7 Å². The number of benzene rings is 1. The van der Waals surface area contributed by atoms with Crippen molar-refractivity contribution in [3.8, 4) is 5.75 Å². The molecule has 0 aromatic heterocycles. The van der Waals surface area contributed by atoms with Crippen LogP contribution in [0.5, 0.6) is 5.75 Å². The zero-order valence-corrected chi connectivity index (χ0v) is 13.4. The Labute approximate surface area is 137 Å². The largest absolute Gasteiger partial charge is 0.492 e. The van der Waals surface area contributed by atoms with Gasteiger partial charge in [-0.25, -0.2) is 0 Å². The number of carbonyl (C=O) groups excluding carboxylic acids is 1. The van der Waals surface area contributed by atoms with Crippen molar-refractivity contribution >= 4 is 5.91 Å². The molecule has 0 radical (unpaired) electrons. The lowest BCUT2D eigenvalue weighted by atomic mass is 10.1. The first kappa shape index (κ1) is 16.2. The fourth-order valence-corrected chi connectivity index (χ4v) is 3.02. The van der Waals surface area contributed by atoms with Gasteiger partial charge in [0.15, 0.2) is 0 Å². The van der Waals surface area contributed by atoms with Gasteiger partial charge in [0.1, 0.15) is 18.4 Å². The predicted molar refractivity (Wildman–Crippen MR) is 87.6 cm³/mol. The molecule has 0 saturated carbocycles. The summed E-state index contributed by atoms with van der Waals surface area (Å²) in [4.78, 5) is 14.9. The van der Waals surface area contributed by atoms with Crippen LogP contribution in [-0.4, -0.2) is 63.4 Å². The van der Waals surface area contributed by atoms with Crippen molar-refractivity contribution in [2.75, 3.05) is 52.5 Å². The number of hydrogen-bond acceptors (Lipinski definition) is 5. The highest BCUT2D eigenvalue weighted by Crippen LogP contribution is 2.26. The molecule has 1 atom stereocenters. The molecule has 2 aliphatic heterocycles. The van der Waals surface area contributed by atoms with E-state index in [2.05, 4.69) is 15.5 Å². The summed E-state index contributed by atoms with van der Waals surface area (Å²) in [5.41, 5.74) is 0.908. The topological polar surface area (TPSA) is 62.8 Å². The summed E-state index contributed by atoms with van der Waals surface area (Å²) in [6, 6.07) is 7.39. The number of ether oxygens (including phenoxy) is 2. The van der Waals surface area contributed by atoms with Gasteiger partial charge in [-0.05, 0) is 12.5 Å². The molecule has 1 amide bonds. The summed E-state index contributed by atoms with van der Waals surface area (Å²) in [6.45, 7) is 6.35. The molecule has 1 aromatic carbocycles. The molecule has 1 saturated heterocycles. The van der Waals surface area contributed by atoms with Crippen molar-refractivity contribution in [3.05, 3.63) is 29.8 Å². The van der Waals surface area contributed by atoms with Crippen molar-refractivity contribution in [2.24, 2.45) is 0 Å². The highest BCUT2D eigenvalue weighted by molar-refractivity contribution is 5.84. The van der Waals surface area contributed by atoms with Crippen LogP contribution < -0.4 is 15.4 Å². The number of fused-ring (bicyclic) bond motifs is 1. The monoisotopic (exact) mass is 319 g/mol. The Hall–Kier alpha value is -1.63. The van der Waals surface area contributed by atoms with Gasteiger partial charge in [-0.2, -0.15) is 0 Å². The molecule has 0 aliphatic carbocycles. The van der Waals surface area contributed by atoms with Gasteiger partial charge in [0.05, 0.1) is 6.61 Å². The summed E-state index contributed by atoms with van der Waals surface area (Å²) < 4.78 is 11.1. The summed E-state index contributed by atoms with van der Waals surface area (Å²) in [6.07, 6.45) is 1.06. The molecule has 0 bridgehead atoms. The van der Waals surface area contributed by atoms with Gasteiger partial charge in [0, 0.05) is 44.9 Å². The van der Waals surface area contributed by atoms with Gasteiger partial charge in [-0.15, -0.1) is 0 Å². The third-order valence-corrected chi connectivity index (χ3v) is 4.24. The molecule has 2 aliphatic rings. The van der Waals surface area contributed by atoms with Crippen molar-refractivity contribution in [3.63, 3.8) is 0 Å². The maximum Gasteiger partial charge on any atom is 0.241 e. The van der Waals surface area contributed by atoms with E-state index in [9.17, 15) is 4.79 Å². The van der Waals surface area contributed by atoms with E-state index in [4.69, 9.17) is 9.47 Å². The Morgan fingerprint density at radius 2 is 2.17 bits per heavy atom. The van der Waals surface area contributed by atoms with Gasteiger partial charge in [-0.1, -0.05) is 18.2 Å². The predicted octanol–water partition coefficient (Wildman–Crippen LogP) is 0.548. The second-order valence-electron chi connectivity index (χ2n) is 5.87. The van der Waals surface area contributed by atoms with Crippen molar-refractivity contribution in [1.29, 1.82) is 0 Å². The number of nitrogens with one attached hydrogen (secondary N) is 2. The highest BCUT2D eigenvalue weighted by atomic mass is 16.5. The van der Waals surface area contributed by atoms with Crippen LogP contribution in [0.25, 0.3) is 0 Å². The number of amides is 1. The molecule has 6 nitrogen and oxygen atoms in total. The summed E-state index contributed by atoms with van der Waals surface area (Å²) in [7, 11) is 0. The molecular formula is C17H25N3O3. The van der Waals surface area contributed by atoms with Crippen LogP contribution in [0, 0.1) is 0 Å². The number of para-hydroxylation sites is 1. The van der Waals surface area contributed by atoms with Crippen molar-refractivity contribution < 1.29 is 14.3 Å². The van der Waals surface area contributed by atoms with Gasteiger partial charge < -0.3 is 14.8 Å². The fraction of sp³-hybridized carbons (Fsp3) is 0.588. The first-order valence-electron chi connectivity index (χ1n) is 8.37. The molecule has 23 heavy (non-hydrogen) atoms. The number of nitrogens with zero attached hydrogens (tertiary/aromatic N) is 1. The van der Waals surface area contributed by atoms with Crippen LogP contribution >= 0.6 is 0 Å². The van der Waals surface area contributed by atoms with E-state index < -0.39 is 0 Å². The molecule has 2 N–H and O–H groups in total. The third-order valence-electron chi connectivity index (χ3n) is 4.24. The maximum atomic E-state index is 12.6. The normalized spacial score (nSPS) is 22.3. The molecule has 1 aromatic rings. The molecular weight excluding hydrogens is 294 g/mol. The highest BCUT2D eigenvalue weighted by Gasteiger charge is 2.25. The third kappa shape index (κ3) is 4.43. The van der Waals surface area contributed by atoms with Crippen LogP contribution in [0.4, 0.5) is 0 Å². The zero-order chi connectivity index (χ0) is 15.9. The van der Waals surface area contributed by atoms with E-state index in [-0.39, 0.29) is 11.9 Å². The van der Waals surface area contributed by atoms with E-state index in [1.54, 1.807) is 0 Å². The Morgan fingerprint density at radius 1 is 1.26 bits per heavy atom. The maximum absolute atomic E-state index is 12.6. The van der Waals surface area contributed by atoms with Crippen molar-refractivity contribution in [1.82, 2.24) is 15.5 Å². The minimum absolute atomic E-state index is 0.00835. The molecule has 126 valence electrons. The summed E-state index contributed by atoms with van der Waals surface area (Å²) >= 11 is 0. The van der Waals surface area contributed by atoms with E-state index >= 15 is 0 Å². The second kappa shape index (κ2) is 8.29. The van der Waals surface area contributed by atoms with Gasteiger partial charge in [0.25, 0.3) is 0 Å². The van der Waals surface area contributed by atoms with E-state index in [0.717, 1.165) is 50.6 Å². The quantitative estimate of drug-likeness (QED) is 0.848. The molecule has 2 heterocycles. The van der Waals surface area contributed by atoms with Crippen LogP contribution in [0.15, 0.2) is 24.3 Å². The van der Waals surface area contributed by atoms with E-state index in [1.807, 2.05) is 24.3 Å². The Balaban J connectivity index is 1.53. The number of carbonyl (C=O) groups is 1.